The highest BCUT2D eigenvalue weighted by molar-refractivity contribution is 7.80. The molecule has 0 spiro atoms. The van der Waals surface area contributed by atoms with Crippen LogP contribution in [0.5, 0.6) is 0 Å². The summed E-state index contributed by atoms with van der Waals surface area (Å²) in [5.41, 5.74) is 3.98. The second kappa shape index (κ2) is 4.58. The average Bonchev–Trinajstić information content (AvgIpc) is 2.29. The molecule has 0 fully saturated rings. The maximum atomic E-state index is 4.49. The highest BCUT2D eigenvalue weighted by Crippen LogP contribution is 2.29. The van der Waals surface area contributed by atoms with E-state index in [2.05, 4.69) is 63.7 Å². The van der Waals surface area contributed by atoms with Gasteiger partial charge in [-0.3, -0.25) is 0 Å². The normalized spacial score (nSPS) is 11.5. The summed E-state index contributed by atoms with van der Waals surface area (Å²) in [6.07, 6.45) is 0. The van der Waals surface area contributed by atoms with Crippen molar-refractivity contribution in [1.82, 2.24) is 0 Å². The predicted octanol–water partition coefficient (Wildman–Crippen LogP) is 4.94. The predicted molar refractivity (Wildman–Crippen MR) is 77.8 cm³/mol. The molecule has 0 heterocycles. The Morgan fingerprint density at radius 2 is 1.41 bits per heavy atom. The van der Waals surface area contributed by atoms with E-state index in [9.17, 15) is 0 Å². The quantitative estimate of drug-likeness (QED) is 0.673. The summed E-state index contributed by atoms with van der Waals surface area (Å²) in [5.74, 6) is 0. The van der Waals surface area contributed by atoms with Crippen LogP contribution in [0.25, 0.3) is 11.1 Å². The van der Waals surface area contributed by atoms with Crippen molar-refractivity contribution in [3.8, 4) is 11.1 Å². The maximum absolute atomic E-state index is 4.49. The van der Waals surface area contributed by atoms with Crippen LogP contribution in [-0.2, 0) is 5.41 Å². The molecule has 88 valence electrons. The highest BCUT2D eigenvalue weighted by Gasteiger charge is 2.13. The second-order valence-corrected chi connectivity index (χ2v) is 5.83. The van der Waals surface area contributed by atoms with Gasteiger partial charge in [0.15, 0.2) is 0 Å². The lowest BCUT2D eigenvalue weighted by atomic mass is 9.86. The van der Waals surface area contributed by atoms with Gasteiger partial charge in [0.25, 0.3) is 0 Å². The SMILES string of the molecule is CC(C)(C)c1ccc(-c2ccccc2S)cc1. The number of hydrogen-bond donors (Lipinski definition) is 1. The van der Waals surface area contributed by atoms with Crippen LogP contribution in [0.4, 0.5) is 0 Å². The first kappa shape index (κ1) is 12.3. The molecule has 0 bridgehead atoms. The molecule has 0 saturated heterocycles. The van der Waals surface area contributed by atoms with Gasteiger partial charge in [0.2, 0.25) is 0 Å². The number of hydrogen-bond acceptors (Lipinski definition) is 1. The summed E-state index contributed by atoms with van der Waals surface area (Å²) in [5, 5.41) is 0. The van der Waals surface area contributed by atoms with Crippen molar-refractivity contribution >= 4 is 12.6 Å². The van der Waals surface area contributed by atoms with E-state index < -0.39 is 0 Å². The van der Waals surface area contributed by atoms with E-state index in [0.29, 0.717) is 0 Å². The molecule has 0 amide bonds. The fourth-order valence-corrected chi connectivity index (χ4v) is 2.16. The molecule has 0 aliphatic heterocycles. The van der Waals surface area contributed by atoms with E-state index in [-0.39, 0.29) is 5.41 Å². The number of benzene rings is 2. The van der Waals surface area contributed by atoms with Gasteiger partial charge in [0, 0.05) is 4.90 Å². The zero-order valence-corrected chi connectivity index (χ0v) is 11.5. The molecule has 2 aromatic carbocycles. The first-order chi connectivity index (χ1) is 7.98. The summed E-state index contributed by atoms with van der Waals surface area (Å²) in [6, 6.07) is 16.9. The highest BCUT2D eigenvalue weighted by atomic mass is 32.1. The Morgan fingerprint density at radius 1 is 0.824 bits per heavy atom. The van der Waals surface area contributed by atoms with Crippen LogP contribution < -0.4 is 0 Å². The molecule has 0 radical (unpaired) electrons. The van der Waals surface area contributed by atoms with Crippen molar-refractivity contribution in [3.63, 3.8) is 0 Å². The number of rotatable bonds is 1. The molecule has 17 heavy (non-hydrogen) atoms. The minimum Gasteiger partial charge on any atom is -0.143 e. The van der Waals surface area contributed by atoms with E-state index in [4.69, 9.17) is 0 Å². The fraction of sp³-hybridized carbons (Fsp3) is 0.250. The molecular weight excluding hydrogens is 224 g/mol. The third kappa shape index (κ3) is 2.73. The molecular formula is C16H18S. The van der Waals surface area contributed by atoms with Crippen LogP contribution in [0.3, 0.4) is 0 Å². The molecule has 0 N–H and O–H groups in total. The van der Waals surface area contributed by atoms with Crippen molar-refractivity contribution in [1.29, 1.82) is 0 Å². The third-order valence-electron chi connectivity index (χ3n) is 2.97. The summed E-state index contributed by atoms with van der Waals surface area (Å²) in [7, 11) is 0. The van der Waals surface area contributed by atoms with Gasteiger partial charge < -0.3 is 0 Å². The van der Waals surface area contributed by atoms with Crippen molar-refractivity contribution in [2.24, 2.45) is 0 Å². The monoisotopic (exact) mass is 242 g/mol. The minimum atomic E-state index is 0.207. The first-order valence-electron chi connectivity index (χ1n) is 5.87. The third-order valence-corrected chi connectivity index (χ3v) is 3.36. The van der Waals surface area contributed by atoms with Crippen molar-refractivity contribution in [3.05, 3.63) is 54.1 Å². The Balaban J connectivity index is 2.40. The second-order valence-electron chi connectivity index (χ2n) is 5.34. The lowest BCUT2D eigenvalue weighted by Gasteiger charge is -2.19. The molecule has 0 unspecified atom stereocenters. The van der Waals surface area contributed by atoms with Gasteiger partial charge in [-0.2, -0.15) is 0 Å². The van der Waals surface area contributed by atoms with Gasteiger partial charge in [-0.15, -0.1) is 12.6 Å². The Bertz CT molecular complexity index is 504. The molecule has 0 saturated carbocycles. The molecule has 2 aromatic rings. The van der Waals surface area contributed by atoms with Gasteiger partial charge >= 0.3 is 0 Å². The van der Waals surface area contributed by atoms with E-state index in [1.165, 1.54) is 16.7 Å². The van der Waals surface area contributed by atoms with Crippen LogP contribution >= 0.6 is 12.6 Å². The largest absolute Gasteiger partial charge is 0.143 e. The lowest BCUT2D eigenvalue weighted by molar-refractivity contribution is 0.590. The van der Waals surface area contributed by atoms with Crippen molar-refractivity contribution in [2.45, 2.75) is 31.1 Å². The molecule has 0 atom stereocenters. The molecule has 2 rings (SSSR count). The first-order valence-corrected chi connectivity index (χ1v) is 6.32. The van der Waals surface area contributed by atoms with Crippen LogP contribution in [0.2, 0.25) is 0 Å². The molecule has 0 nitrogen and oxygen atoms in total. The lowest BCUT2D eigenvalue weighted by Crippen LogP contribution is -2.10. The Labute approximate surface area is 109 Å². The van der Waals surface area contributed by atoms with E-state index in [1.807, 2.05) is 18.2 Å². The summed E-state index contributed by atoms with van der Waals surface area (Å²) in [4.78, 5) is 1.02. The van der Waals surface area contributed by atoms with Crippen molar-refractivity contribution < 1.29 is 0 Å². The summed E-state index contributed by atoms with van der Waals surface area (Å²) < 4.78 is 0. The average molecular weight is 242 g/mol. The number of thiol groups is 1. The van der Waals surface area contributed by atoms with Crippen LogP contribution in [0, 0.1) is 0 Å². The molecule has 1 heteroatoms. The van der Waals surface area contributed by atoms with E-state index in [0.717, 1.165) is 4.90 Å². The van der Waals surface area contributed by atoms with Crippen molar-refractivity contribution in [2.75, 3.05) is 0 Å². The summed E-state index contributed by atoms with van der Waals surface area (Å²) >= 11 is 4.49. The van der Waals surface area contributed by atoms with Crippen LogP contribution in [0.1, 0.15) is 26.3 Å². The Hall–Kier alpha value is -1.21. The zero-order valence-electron chi connectivity index (χ0n) is 10.6. The van der Waals surface area contributed by atoms with E-state index >= 15 is 0 Å². The van der Waals surface area contributed by atoms with Gasteiger partial charge in [0.1, 0.15) is 0 Å². The van der Waals surface area contributed by atoms with Crippen LogP contribution in [-0.4, -0.2) is 0 Å². The molecule has 0 aromatic heterocycles. The smallest absolute Gasteiger partial charge is 0.0119 e. The summed E-state index contributed by atoms with van der Waals surface area (Å²) in [6.45, 7) is 6.69. The zero-order chi connectivity index (χ0) is 12.5. The van der Waals surface area contributed by atoms with Gasteiger partial charge in [-0.1, -0.05) is 63.2 Å². The topological polar surface area (TPSA) is 0 Å². The van der Waals surface area contributed by atoms with Gasteiger partial charge in [0.05, 0.1) is 0 Å². The molecule has 0 aliphatic rings. The standard InChI is InChI=1S/C16H18S/c1-16(2,3)13-10-8-12(9-11-13)14-6-4-5-7-15(14)17/h4-11,17H,1-3H3. The Morgan fingerprint density at radius 3 is 1.94 bits per heavy atom. The van der Waals surface area contributed by atoms with E-state index in [1.54, 1.807) is 0 Å². The minimum absolute atomic E-state index is 0.207. The van der Waals surface area contributed by atoms with Crippen LogP contribution in [0.15, 0.2) is 53.4 Å². The maximum Gasteiger partial charge on any atom is 0.0119 e. The Kier molecular flexibility index (Phi) is 3.30. The van der Waals surface area contributed by atoms with Gasteiger partial charge in [-0.25, -0.2) is 0 Å². The van der Waals surface area contributed by atoms with Gasteiger partial charge in [-0.05, 0) is 28.2 Å². The molecule has 0 aliphatic carbocycles. The fourth-order valence-electron chi connectivity index (χ4n) is 1.87.